The molecular weight excluding hydrogens is 416 g/mol. The molecule has 4 heterocycles. The Morgan fingerprint density at radius 2 is 2.25 bits per heavy atom. The van der Waals surface area contributed by atoms with Crippen molar-refractivity contribution >= 4 is 45.5 Å². The highest BCUT2D eigenvalue weighted by Gasteiger charge is 2.22. The first-order valence-electron chi connectivity index (χ1n) is 8.91. The summed E-state index contributed by atoms with van der Waals surface area (Å²) in [4.78, 5) is 13.5. The Morgan fingerprint density at radius 1 is 1.36 bits per heavy atom. The van der Waals surface area contributed by atoms with Crippen molar-refractivity contribution in [1.29, 1.82) is 0 Å². The van der Waals surface area contributed by atoms with Crippen LogP contribution in [0.25, 0.3) is 11.4 Å². The van der Waals surface area contributed by atoms with E-state index in [-0.39, 0.29) is 17.8 Å². The number of amides is 1. The van der Waals surface area contributed by atoms with Gasteiger partial charge in [-0.2, -0.15) is 0 Å². The standard InChI is InChI=1S/C17H20N6O2S3/c1-10-6-12(8-26-10)15-20-22-17(23(15)7-13-4-3-5-25-13)27-9-14(24)18-16-21-19-11(2)28-16/h6,8,13H,3-5,7,9H2,1-2H3,(H,18,21,24)/t13-/m1/s1. The number of rotatable bonds is 7. The van der Waals surface area contributed by atoms with Gasteiger partial charge in [0.15, 0.2) is 11.0 Å². The second-order valence-electron chi connectivity index (χ2n) is 6.46. The van der Waals surface area contributed by atoms with Gasteiger partial charge in [0.05, 0.1) is 18.4 Å². The van der Waals surface area contributed by atoms with E-state index in [1.165, 1.54) is 28.0 Å². The van der Waals surface area contributed by atoms with Crippen LogP contribution in [-0.4, -0.2) is 49.3 Å². The summed E-state index contributed by atoms with van der Waals surface area (Å²) in [6.45, 7) is 5.41. The first-order chi connectivity index (χ1) is 13.6. The van der Waals surface area contributed by atoms with E-state index in [4.69, 9.17) is 4.74 Å². The molecule has 4 rings (SSSR count). The molecule has 1 N–H and O–H groups in total. The van der Waals surface area contributed by atoms with Crippen LogP contribution in [0.1, 0.15) is 22.7 Å². The first kappa shape index (κ1) is 19.5. The summed E-state index contributed by atoms with van der Waals surface area (Å²) in [6.07, 6.45) is 2.26. The van der Waals surface area contributed by atoms with Crippen LogP contribution in [0.15, 0.2) is 16.6 Å². The number of anilines is 1. The van der Waals surface area contributed by atoms with E-state index in [1.54, 1.807) is 11.3 Å². The van der Waals surface area contributed by atoms with Crippen LogP contribution in [0.3, 0.4) is 0 Å². The Hall–Kier alpha value is -1.82. The Morgan fingerprint density at radius 3 is 2.93 bits per heavy atom. The summed E-state index contributed by atoms with van der Waals surface area (Å²) in [5, 5.41) is 23.5. The van der Waals surface area contributed by atoms with E-state index in [0.717, 1.165) is 41.0 Å². The van der Waals surface area contributed by atoms with Gasteiger partial charge in [-0.15, -0.1) is 31.7 Å². The van der Waals surface area contributed by atoms with Gasteiger partial charge in [-0.1, -0.05) is 23.1 Å². The van der Waals surface area contributed by atoms with Crippen molar-refractivity contribution in [2.24, 2.45) is 0 Å². The van der Waals surface area contributed by atoms with Crippen molar-refractivity contribution in [1.82, 2.24) is 25.0 Å². The molecule has 1 aliphatic rings. The van der Waals surface area contributed by atoms with Crippen molar-refractivity contribution in [3.8, 4) is 11.4 Å². The molecule has 0 saturated carbocycles. The molecule has 148 valence electrons. The number of nitrogens with zero attached hydrogens (tertiary/aromatic N) is 5. The van der Waals surface area contributed by atoms with Crippen molar-refractivity contribution in [2.75, 3.05) is 17.7 Å². The third-order valence-electron chi connectivity index (χ3n) is 4.22. The van der Waals surface area contributed by atoms with E-state index in [2.05, 4.69) is 48.6 Å². The van der Waals surface area contributed by atoms with Gasteiger partial charge in [-0.25, -0.2) is 0 Å². The summed E-state index contributed by atoms with van der Waals surface area (Å²) < 4.78 is 7.88. The molecule has 8 nitrogen and oxygen atoms in total. The monoisotopic (exact) mass is 436 g/mol. The van der Waals surface area contributed by atoms with Crippen LogP contribution < -0.4 is 5.32 Å². The Kier molecular flexibility index (Phi) is 6.04. The summed E-state index contributed by atoms with van der Waals surface area (Å²) >= 11 is 4.41. The number of nitrogens with one attached hydrogen (secondary N) is 1. The van der Waals surface area contributed by atoms with Gasteiger partial charge >= 0.3 is 0 Å². The lowest BCUT2D eigenvalue weighted by Crippen LogP contribution is -2.18. The van der Waals surface area contributed by atoms with Crippen LogP contribution in [0.2, 0.25) is 0 Å². The van der Waals surface area contributed by atoms with Crippen LogP contribution in [0, 0.1) is 13.8 Å². The van der Waals surface area contributed by atoms with Crippen molar-refractivity contribution in [2.45, 2.75) is 44.5 Å². The minimum Gasteiger partial charge on any atom is -0.376 e. The molecule has 0 aliphatic carbocycles. The lowest BCUT2D eigenvalue weighted by Gasteiger charge is -2.14. The zero-order chi connectivity index (χ0) is 19.5. The number of thiophene rings is 1. The second-order valence-corrected chi connectivity index (χ2v) is 9.70. The molecule has 3 aromatic heterocycles. The highest BCUT2D eigenvalue weighted by atomic mass is 32.2. The fourth-order valence-electron chi connectivity index (χ4n) is 2.96. The van der Waals surface area contributed by atoms with Crippen LogP contribution >= 0.6 is 34.4 Å². The Bertz CT molecular complexity index is 960. The third kappa shape index (κ3) is 4.59. The zero-order valence-electron chi connectivity index (χ0n) is 15.5. The van der Waals surface area contributed by atoms with Gasteiger partial charge in [-0.05, 0) is 32.8 Å². The fraction of sp³-hybridized carbons (Fsp3) is 0.471. The Labute approximate surface area is 174 Å². The molecule has 0 bridgehead atoms. The quantitative estimate of drug-likeness (QED) is 0.567. The number of hydrogen-bond acceptors (Lipinski definition) is 9. The number of hydrogen-bond donors (Lipinski definition) is 1. The molecule has 0 unspecified atom stereocenters. The van der Waals surface area contributed by atoms with E-state index < -0.39 is 0 Å². The molecule has 0 spiro atoms. The average Bonchev–Trinajstić information content (AvgIpc) is 3.43. The normalized spacial score (nSPS) is 16.6. The zero-order valence-corrected chi connectivity index (χ0v) is 18.0. The molecule has 1 fully saturated rings. The van der Waals surface area contributed by atoms with Crippen molar-refractivity contribution < 1.29 is 9.53 Å². The lowest BCUT2D eigenvalue weighted by molar-refractivity contribution is -0.113. The summed E-state index contributed by atoms with van der Waals surface area (Å²) in [5.41, 5.74) is 1.05. The largest absolute Gasteiger partial charge is 0.376 e. The van der Waals surface area contributed by atoms with Gasteiger partial charge in [-0.3, -0.25) is 14.7 Å². The predicted molar refractivity (Wildman–Crippen MR) is 111 cm³/mol. The maximum Gasteiger partial charge on any atom is 0.236 e. The molecule has 0 radical (unpaired) electrons. The molecular formula is C17H20N6O2S3. The Balaban J connectivity index is 1.49. The second kappa shape index (κ2) is 8.68. The lowest BCUT2D eigenvalue weighted by atomic mass is 10.2. The average molecular weight is 437 g/mol. The molecule has 1 amide bonds. The number of carbonyl (C=O) groups is 1. The van der Waals surface area contributed by atoms with Crippen LogP contribution in [0.5, 0.6) is 0 Å². The molecule has 1 saturated heterocycles. The van der Waals surface area contributed by atoms with E-state index >= 15 is 0 Å². The maximum atomic E-state index is 12.3. The molecule has 1 aliphatic heterocycles. The summed E-state index contributed by atoms with van der Waals surface area (Å²) in [5.74, 6) is 0.911. The molecule has 1 atom stereocenters. The molecule has 3 aromatic rings. The summed E-state index contributed by atoms with van der Waals surface area (Å²) in [6, 6.07) is 2.11. The topological polar surface area (TPSA) is 94.8 Å². The van der Waals surface area contributed by atoms with E-state index in [0.29, 0.717) is 11.7 Å². The summed E-state index contributed by atoms with van der Waals surface area (Å²) in [7, 11) is 0. The van der Waals surface area contributed by atoms with Gasteiger partial charge in [0.2, 0.25) is 11.0 Å². The fourth-order valence-corrected chi connectivity index (χ4v) is 5.00. The SMILES string of the molecule is Cc1cc(-c2nnc(SCC(=O)Nc3nnc(C)s3)n2C[C@H]2CCCO2)cs1. The highest BCUT2D eigenvalue weighted by molar-refractivity contribution is 7.99. The van der Waals surface area contributed by atoms with E-state index in [1.807, 2.05) is 6.92 Å². The van der Waals surface area contributed by atoms with Crippen molar-refractivity contribution in [3.63, 3.8) is 0 Å². The smallest absolute Gasteiger partial charge is 0.236 e. The van der Waals surface area contributed by atoms with Gasteiger partial charge in [0.25, 0.3) is 0 Å². The van der Waals surface area contributed by atoms with Crippen LogP contribution in [-0.2, 0) is 16.1 Å². The van der Waals surface area contributed by atoms with Gasteiger partial charge in [0.1, 0.15) is 5.01 Å². The predicted octanol–water partition coefficient (Wildman–Crippen LogP) is 3.38. The molecule has 0 aromatic carbocycles. The van der Waals surface area contributed by atoms with Crippen LogP contribution in [0.4, 0.5) is 5.13 Å². The van der Waals surface area contributed by atoms with Gasteiger partial charge in [0, 0.05) is 22.4 Å². The molecule has 11 heteroatoms. The number of ether oxygens (including phenoxy) is 1. The maximum absolute atomic E-state index is 12.3. The van der Waals surface area contributed by atoms with Crippen molar-refractivity contribution in [3.05, 3.63) is 21.3 Å². The number of aryl methyl sites for hydroxylation is 2. The molecule has 28 heavy (non-hydrogen) atoms. The number of thioether (sulfide) groups is 1. The third-order valence-corrected chi connectivity index (χ3v) is 6.80. The van der Waals surface area contributed by atoms with E-state index in [9.17, 15) is 4.79 Å². The number of aromatic nitrogens is 5. The highest BCUT2D eigenvalue weighted by Crippen LogP contribution is 2.29. The first-order valence-corrected chi connectivity index (χ1v) is 11.6. The minimum absolute atomic E-state index is 0.138. The van der Waals surface area contributed by atoms with Gasteiger partial charge < -0.3 is 4.74 Å². The number of carbonyl (C=O) groups excluding carboxylic acids is 1. The minimum atomic E-state index is -0.138.